The predicted molar refractivity (Wildman–Crippen MR) is 358 cm³/mol. The summed E-state index contributed by atoms with van der Waals surface area (Å²) in [6.07, 6.45) is 9.36. The Morgan fingerprint density at radius 2 is 0.824 bits per heavy atom. The van der Waals surface area contributed by atoms with Crippen LogP contribution in [0.2, 0.25) is 0 Å². The van der Waals surface area contributed by atoms with Gasteiger partial charge in [-0.05, 0) is 156 Å². The lowest BCUT2D eigenvalue weighted by atomic mass is 9.33. The van der Waals surface area contributed by atoms with Gasteiger partial charge in [-0.1, -0.05) is 190 Å². The van der Waals surface area contributed by atoms with Gasteiger partial charge in [0.05, 0.1) is 22.5 Å². The highest BCUT2D eigenvalue weighted by Crippen LogP contribution is 2.64. The zero-order valence-electron chi connectivity index (χ0n) is 51.1. The third kappa shape index (κ3) is 6.73. The van der Waals surface area contributed by atoms with E-state index in [4.69, 9.17) is 8.83 Å². The van der Waals surface area contributed by atoms with E-state index in [9.17, 15) is 0 Å². The standard InChI is InChI=1S/C78H75BN4O2/c1-73(2,3)48-34-38-61-57(43-48)76(8)40-18-20-42-78(76,10)83(61)51-46-66-70-67(47-51)81(63-30-22-26-55-53-24-12-16-32-69(53)85-72(55)63)65-45-50(82-60-28-14-13-27-56(60)75(7)39-17-19-41-77(75,82)9)35-37-59(65)79(70)58-36-33-49(74(4,5)6)44-64(58)80(66)62-29-21-25-54-52-23-11-15-31-68(52)84-71(54)62/h11-16,21-38,43-47H,17-20,39-42H2,1-10H3. The van der Waals surface area contributed by atoms with Gasteiger partial charge in [-0.3, -0.25) is 0 Å². The number of furan rings is 2. The summed E-state index contributed by atoms with van der Waals surface area (Å²) in [5, 5.41) is 4.48. The quantitative estimate of drug-likeness (QED) is 0.164. The van der Waals surface area contributed by atoms with Crippen LogP contribution in [0.1, 0.15) is 143 Å². The van der Waals surface area contributed by atoms with Crippen LogP contribution in [-0.4, -0.2) is 17.8 Å². The first-order valence-electron chi connectivity index (χ1n) is 31.6. The van der Waals surface area contributed by atoms with Gasteiger partial charge < -0.3 is 28.4 Å². The summed E-state index contributed by atoms with van der Waals surface area (Å²) < 4.78 is 14.4. The maximum atomic E-state index is 7.24. The van der Waals surface area contributed by atoms with Gasteiger partial charge in [-0.15, -0.1) is 0 Å². The van der Waals surface area contributed by atoms with Crippen molar-refractivity contribution in [2.45, 2.75) is 153 Å². The number of hydrogen-bond acceptors (Lipinski definition) is 6. The zero-order valence-corrected chi connectivity index (χ0v) is 51.1. The summed E-state index contributed by atoms with van der Waals surface area (Å²) in [5.74, 6) is 0. The van der Waals surface area contributed by atoms with Crippen molar-refractivity contribution in [2.75, 3.05) is 19.6 Å². The molecular formula is C78H75BN4O2. The first-order valence-corrected chi connectivity index (χ1v) is 31.6. The number of rotatable bonds is 4. The SMILES string of the molecule is CC(C)(C)c1ccc2c(c1)N(c1cccc3c1oc1ccccc13)c1cc(N3c4ccc(C(C)(C)C)cc4C4(C)CCCCC34C)cc3c1B2c1ccc(N2c4ccccc4C4(C)CCCCC24C)cc1N3c1cccc2c1oc1ccccc12. The molecule has 2 saturated carbocycles. The van der Waals surface area contributed by atoms with E-state index in [-0.39, 0.29) is 39.5 Å². The lowest BCUT2D eigenvalue weighted by molar-refractivity contribution is 0.195. The average Bonchev–Trinajstić information content (AvgIpc) is 1.70. The van der Waals surface area contributed by atoms with E-state index in [1.54, 1.807) is 0 Å². The molecule has 11 aromatic rings. The molecule has 85 heavy (non-hydrogen) atoms. The van der Waals surface area contributed by atoms with Crippen LogP contribution in [0.5, 0.6) is 0 Å². The Labute approximate surface area is 501 Å². The fourth-order valence-electron chi connectivity index (χ4n) is 17.7. The van der Waals surface area contributed by atoms with Gasteiger partial charge in [0.2, 0.25) is 0 Å². The summed E-state index contributed by atoms with van der Waals surface area (Å²) in [5.41, 5.74) is 24.3. The molecule has 0 radical (unpaired) electrons. The highest BCUT2D eigenvalue weighted by Gasteiger charge is 2.60. The highest BCUT2D eigenvalue weighted by molar-refractivity contribution is 7.00. The molecule has 2 aliphatic carbocycles. The molecule has 6 nitrogen and oxygen atoms in total. The van der Waals surface area contributed by atoms with E-state index in [1.807, 2.05) is 0 Å². The van der Waals surface area contributed by atoms with E-state index in [1.165, 1.54) is 116 Å². The Hall–Kier alpha value is -8.16. The van der Waals surface area contributed by atoms with Crippen molar-refractivity contribution in [3.05, 3.63) is 198 Å². The molecule has 0 bridgehead atoms. The molecule has 0 saturated heterocycles. The Kier molecular flexibility index (Phi) is 10.4. The second kappa shape index (κ2) is 17.3. The zero-order chi connectivity index (χ0) is 57.9. The average molecular weight is 1110 g/mol. The van der Waals surface area contributed by atoms with Gasteiger partial charge in [0.25, 0.3) is 6.71 Å². The molecule has 4 unspecified atom stereocenters. The molecule has 0 spiro atoms. The first kappa shape index (κ1) is 51.3. The summed E-state index contributed by atoms with van der Waals surface area (Å²) in [4.78, 5) is 10.8. The van der Waals surface area contributed by atoms with Crippen LogP contribution in [0.4, 0.5) is 56.9 Å². The highest BCUT2D eigenvalue weighted by atomic mass is 16.3. The maximum absolute atomic E-state index is 7.24. The topological polar surface area (TPSA) is 39.2 Å². The summed E-state index contributed by atoms with van der Waals surface area (Å²) in [6.45, 7) is 24.3. The van der Waals surface area contributed by atoms with Gasteiger partial charge in [0.15, 0.2) is 11.2 Å². The molecule has 4 atom stereocenters. The molecule has 422 valence electrons. The molecule has 6 heterocycles. The molecule has 4 aliphatic heterocycles. The Balaban J connectivity index is 1.02. The first-order chi connectivity index (χ1) is 40.9. The number of hydrogen-bond donors (Lipinski definition) is 0. The van der Waals surface area contributed by atoms with Crippen LogP contribution >= 0.6 is 0 Å². The summed E-state index contributed by atoms with van der Waals surface area (Å²) >= 11 is 0. The Bertz CT molecular complexity index is 4670. The lowest BCUT2D eigenvalue weighted by Gasteiger charge is -2.51. The number of nitrogens with zero attached hydrogens (tertiary/aromatic N) is 4. The largest absolute Gasteiger partial charge is 0.454 e. The summed E-state index contributed by atoms with van der Waals surface area (Å²) in [7, 11) is 0. The molecule has 17 rings (SSSR count). The molecule has 9 aromatic carbocycles. The third-order valence-corrected chi connectivity index (χ3v) is 22.7. The fourth-order valence-corrected chi connectivity index (χ4v) is 17.7. The fraction of sp³-hybridized carbons (Fsp3) is 0.308. The molecular weight excluding hydrogens is 1040 g/mol. The van der Waals surface area contributed by atoms with Crippen LogP contribution in [0.3, 0.4) is 0 Å². The van der Waals surface area contributed by atoms with E-state index in [0.29, 0.717) is 0 Å². The predicted octanol–water partition coefficient (Wildman–Crippen LogP) is 19.6. The van der Waals surface area contributed by atoms with Crippen molar-refractivity contribution in [3.8, 4) is 0 Å². The minimum atomic E-state index is -0.228. The second-order valence-corrected chi connectivity index (χ2v) is 29.1. The van der Waals surface area contributed by atoms with Crippen molar-refractivity contribution >= 4 is 124 Å². The van der Waals surface area contributed by atoms with E-state index in [0.717, 1.165) is 74.5 Å². The van der Waals surface area contributed by atoms with Gasteiger partial charge in [-0.2, -0.15) is 0 Å². The van der Waals surface area contributed by atoms with E-state index < -0.39 is 0 Å². The van der Waals surface area contributed by atoms with Crippen molar-refractivity contribution in [2.24, 2.45) is 0 Å². The molecule has 2 fully saturated rings. The number of anilines is 10. The third-order valence-electron chi connectivity index (χ3n) is 22.7. The number of benzene rings is 9. The smallest absolute Gasteiger partial charge is 0.252 e. The van der Waals surface area contributed by atoms with Crippen LogP contribution in [0.15, 0.2) is 185 Å². The lowest BCUT2D eigenvalue weighted by Crippen LogP contribution is -2.61. The Morgan fingerprint density at radius 3 is 1.42 bits per heavy atom. The van der Waals surface area contributed by atoms with E-state index in [2.05, 4.69) is 265 Å². The number of fused-ring (bicyclic) bond motifs is 16. The monoisotopic (exact) mass is 1110 g/mol. The van der Waals surface area contributed by atoms with Crippen molar-refractivity contribution in [1.29, 1.82) is 0 Å². The van der Waals surface area contributed by atoms with E-state index >= 15 is 0 Å². The number of para-hydroxylation sites is 5. The van der Waals surface area contributed by atoms with Crippen LogP contribution < -0.4 is 36.0 Å². The van der Waals surface area contributed by atoms with Crippen molar-refractivity contribution < 1.29 is 8.83 Å². The van der Waals surface area contributed by atoms with Crippen molar-refractivity contribution in [1.82, 2.24) is 0 Å². The van der Waals surface area contributed by atoms with Crippen LogP contribution in [0.25, 0.3) is 43.9 Å². The van der Waals surface area contributed by atoms with Gasteiger partial charge >= 0.3 is 0 Å². The van der Waals surface area contributed by atoms with Crippen LogP contribution in [-0.2, 0) is 21.7 Å². The Morgan fingerprint density at radius 1 is 0.376 bits per heavy atom. The molecule has 0 N–H and O–H groups in total. The minimum absolute atomic E-state index is 0.000944. The van der Waals surface area contributed by atoms with Gasteiger partial charge in [0, 0.05) is 77.9 Å². The maximum Gasteiger partial charge on any atom is 0.252 e. The molecule has 6 aliphatic rings. The van der Waals surface area contributed by atoms with Gasteiger partial charge in [0.1, 0.15) is 11.2 Å². The molecule has 2 aromatic heterocycles. The normalized spacial score (nSPS) is 23.1. The molecule has 0 amide bonds. The van der Waals surface area contributed by atoms with Crippen LogP contribution in [0, 0.1) is 0 Å². The second-order valence-electron chi connectivity index (χ2n) is 29.1. The molecule has 7 heteroatoms. The minimum Gasteiger partial charge on any atom is -0.454 e. The summed E-state index contributed by atoms with van der Waals surface area (Å²) in [6, 6.07) is 67.8. The van der Waals surface area contributed by atoms with Crippen molar-refractivity contribution in [3.63, 3.8) is 0 Å². The van der Waals surface area contributed by atoms with Gasteiger partial charge in [-0.25, -0.2) is 0 Å².